The summed E-state index contributed by atoms with van der Waals surface area (Å²) in [7, 11) is 1.55. The average Bonchev–Trinajstić information content (AvgIpc) is 2.50. The molecule has 2 heterocycles. The summed E-state index contributed by atoms with van der Waals surface area (Å²) in [5.74, 6) is 0.724. The van der Waals surface area contributed by atoms with Gasteiger partial charge in [-0.05, 0) is 18.6 Å². The predicted octanol–water partition coefficient (Wildman–Crippen LogP) is 1.89. The number of methoxy groups -OCH3 is 1. The highest BCUT2D eigenvalue weighted by molar-refractivity contribution is 5.73. The summed E-state index contributed by atoms with van der Waals surface area (Å²) in [6.45, 7) is 2.65. The Kier molecular flexibility index (Phi) is 5.15. The van der Waals surface area contributed by atoms with Gasteiger partial charge in [-0.2, -0.15) is 0 Å². The summed E-state index contributed by atoms with van der Waals surface area (Å²) < 4.78 is 4.90. The molecule has 0 atom stereocenters. The van der Waals surface area contributed by atoms with Gasteiger partial charge < -0.3 is 15.4 Å². The van der Waals surface area contributed by atoms with Crippen LogP contribution < -0.4 is 10.6 Å². The van der Waals surface area contributed by atoms with E-state index in [0.29, 0.717) is 19.0 Å². The molecule has 0 fully saturated rings. The van der Waals surface area contributed by atoms with Gasteiger partial charge in [0, 0.05) is 19.9 Å². The highest BCUT2D eigenvalue weighted by Gasteiger charge is 2.23. The zero-order valence-corrected chi connectivity index (χ0v) is 12.2. The van der Waals surface area contributed by atoms with Crippen LogP contribution in [0.3, 0.4) is 0 Å². The largest absolute Gasteiger partial charge is 0.383 e. The minimum Gasteiger partial charge on any atom is -0.383 e. The third-order valence-electron chi connectivity index (χ3n) is 2.85. The Morgan fingerprint density at radius 2 is 2.05 bits per heavy atom. The molecule has 0 radical (unpaired) electrons. The van der Waals surface area contributed by atoms with E-state index in [1.54, 1.807) is 19.4 Å². The molecule has 0 saturated carbocycles. The smallest absolute Gasteiger partial charge is 0.353 e. The van der Waals surface area contributed by atoms with E-state index in [-0.39, 0.29) is 17.3 Å². The highest BCUT2D eigenvalue weighted by atomic mass is 16.6. The summed E-state index contributed by atoms with van der Waals surface area (Å²) >= 11 is 0. The lowest BCUT2D eigenvalue weighted by Gasteiger charge is -2.10. The number of nitrogens with one attached hydrogen (secondary N) is 2. The molecule has 22 heavy (non-hydrogen) atoms. The zero-order valence-electron chi connectivity index (χ0n) is 12.2. The van der Waals surface area contributed by atoms with Gasteiger partial charge in [0.1, 0.15) is 12.1 Å². The molecule has 9 heteroatoms. The second kappa shape index (κ2) is 7.27. The Balaban J connectivity index is 2.32. The van der Waals surface area contributed by atoms with Crippen LogP contribution in [0.1, 0.15) is 5.56 Å². The van der Waals surface area contributed by atoms with Crippen molar-refractivity contribution in [1.82, 2.24) is 15.0 Å². The van der Waals surface area contributed by atoms with Gasteiger partial charge in [-0.15, -0.1) is 0 Å². The lowest BCUT2D eigenvalue weighted by atomic mass is 10.3. The molecule has 2 aromatic rings. The molecule has 0 aliphatic carbocycles. The Morgan fingerprint density at radius 1 is 1.27 bits per heavy atom. The molecule has 0 spiro atoms. The molecule has 116 valence electrons. The van der Waals surface area contributed by atoms with Crippen molar-refractivity contribution < 1.29 is 9.66 Å². The first-order valence-corrected chi connectivity index (χ1v) is 6.54. The van der Waals surface area contributed by atoms with Gasteiger partial charge in [-0.25, -0.2) is 15.0 Å². The number of pyridine rings is 1. The van der Waals surface area contributed by atoms with Gasteiger partial charge in [0.25, 0.3) is 0 Å². The molecule has 0 amide bonds. The second-order valence-corrected chi connectivity index (χ2v) is 4.39. The molecular formula is C13H16N6O3. The van der Waals surface area contributed by atoms with Crippen LogP contribution in [0.4, 0.5) is 23.1 Å². The summed E-state index contributed by atoms with van der Waals surface area (Å²) in [5.41, 5.74) is 0.618. The van der Waals surface area contributed by atoms with Gasteiger partial charge >= 0.3 is 5.69 Å². The normalized spacial score (nSPS) is 10.3. The third-order valence-corrected chi connectivity index (χ3v) is 2.85. The van der Waals surface area contributed by atoms with E-state index < -0.39 is 4.92 Å². The van der Waals surface area contributed by atoms with Crippen LogP contribution in [-0.2, 0) is 4.74 Å². The first-order valence-electron chi connectivity index (χ1n) is 6.54. The lowest BCUT2D eigenvalue weighted by Crippen LogP contribution is -2.12. The molecule has 0 aromatic carbocycles. The quantitative estimate of drug-likeness (QED) is 0.452. The van der Waals surface area contributed by atoms with E-state index in [2.05, 4.69) is 25.6 Å². The Bertz CT molecular complexity index is 664. The highest BCUT2D eigenvalue weighted by Crippen LogP contribution is 2.31. The average molecular weight is 304 g/mol. The van der Waals surface area contributed by atoms with Crippen LogP contribution in [0.15, 0.2) is 24.7 Å². The van der Waals surface area contributed by atoms with Crippen LogP contribution >= 0.6 is 0 Å². The number of aryl methyl sites for hydroxylation is 1. The molecule has 2 N–H and O–H groups in total. The number of nitro groups is 1. The number of hydrogen-bond donors (Lipinski definition) is 2. The van der Waals surface area contributed by atoms with E-state index in [1.807, 2.05) is 13.0 Å². The monoisotopic (exact) mass is 304 g/mol. The Hall–Kier alpha value is -2.81. The minimum absolute atomic E-state index is 0.0849. The van der Waals surface area contributed by atoms with Gasteiger partial charge in [0.15, 0.2) is 0 Å². The van der Waals surface area contributed by atoms with Crippen molar-refractivity contribution in [2.24, 2.45) is 0 Å². The number of hydrogen-bond acceptors (Lipinski definition) is 8. The number of nitrogens with zero attached hydrogens (tertiary/aromatic N) is 4. The van der Waals surface area contributed by atoms with E-state index in [4.69, 9.17) is 4.74 Å². The summed E-state index contributed by atoms with van der Waals surface area (Å²) in [4.78, 5) is 22.8. The van der Waals surface area contributed by atoms with E-state index in [0.717, 1.165) is 5.56 Å². The van der Waals surface area contributed by atoms with Crippen molar-refractivity contribution in [1.29, 1.82) is 0 Å². The maximum atomic E-state index is 11.3. The van der Waals surface area contributed by atoms with E-state index in [9.17, 15) is 10.1 Å². The van der Waals surface area contributed by atoms with Gasteiger partial charge in [0.05, 0.1) is 11.5 Å². The molecule has 0 saturated heterocycles. The van der Waals surface area contributed by atoms with E-state index in [1.165, 1.54) is 6.33 Å². The fraction of sp³-hybridized carbons (Fsp3) is 0.308. The maximum Gasteiger partial charge on any atom is 0.353 e. The second-order valence-electron chi connectivity index (χ2n) is 4.39. The van der Waals surface area contributed by atoms with Crippen LogP contribution in [0.25, 0.3) is 0 Å². The van der Waals surface area contributed by atoms with Crippen LogP contribution in [-0.4, -0.2) is 40.1 Å². The first-order chi connectivity index (χ1) is 10.6. The first kappa shape index (κ1) is 15.6. The fourth-order valence-electron chi connectivity index (χ4n) is 1.77. The van der Waals surface area contributed by atoms with E-state index >= 15 is 0 Å². The molecular weight excluding hydrogens is 288 g/mol. The summed E-state index contributed by atoms with van der Waals surface area (Å²) in [6.07, 6.45) is 2.85. The minimum atomic E-state index is -0.532. The number of ether oxygens (including phenoxy) is 1. The van der Waals surface area contributed by atoms with Crippen LogP contribution in [0, 0.1) is 17.0 Å². The van der Waals surface area contributed by atoms with Crippen molar-refractivity contribution in [3.63, 3.8) is 0 Å². The maximum absolute atomic E-state index is 11.3. The number of anilines is 3. The van der Waals surface area contributed by atoms with Crippen molar-refractivity contribution in [3.05, 3.63) is 40.3 Å². The fourth-order valence-corrected chi connectivity index (χ4v) is 1.77. The lowest BCUT2D eigenvalue weighted by molar-refractivity contribution is -0.383. The molecule has 9 nitrogen and oxygen atoms in total. The Morgan fingerprint density at radius 3 is 2.73 bits per heavy atom. The predicted molar refractivity (Wildman–Crippen MR) is 81.3 cm³/mol. The molecule has 0 aliphatic heterocycles. The van der Waals surface area contributed by atoms with Crippen molar-refractivity contribution in [2.45, 2.75) is 6.92 Å². The number of aromatic nitrogens is 3. The van der Waals surface area contributed by atoms with Gasteiger partial charge in [-0.3, -0.25) is 10.1 Å². The summed E-state index contributed by atoms with van der Waals surface area (Å²) in [6, 6.07) is 3.63. The number of rotatable bonds is 7. The van der Waals surface area contributed by atoms with Crippen molar-refractivity contribution in [3.8, 4) is 0 Å². The zero-order chi connectivity index (χ0) is 15.9. The van der Waals surface area contributed by atoms with Crippen LogP contribution in [0.2, 0.25) is 0 Å². The van der Waals surface area contributed by atoms with Crippen molar-refractivity contribution >= 4 is 23.1 Å². The molecule has 2 aromatic heterocycles. The van der Waals surface area contributed by atoms with Crippen molar-refractivity contribution in [2.75, 3.05) is 30.9 Å². The van der Waals surface area contributed by atoms with Crippen LogP contribution in [0.5, 0.6) is 0 Å². The molecule has 0 aliphatic rings. The molecule has 0 unspecified atom stereocenters. The van der Waals surface area contributed by atoms with Gasteiger partial charge in [0.2, 0.25) is 11.6 Å². The molecule has 2 rings (SSSR count). The third kappa shape index (κ3) is 3.64. The SMILES string of the molecule is COCCNc1ncnc(Nc2ncccc2C)c1[N+](=O)[O-]. The van der Waals surface area contributed by atoms with Gasteiger partial charge in [-0.1, -0.05) is 6.07 Å². The standard InChI is InChI=1S/C13H16N6O3/c1-9-4-3-5-14-11(9)18-13-10(19(20)21)12(16-8-17-13)15-6-7-22-2/h3-5,8H,6-7H2,1-2H3,(H2,14,15,16,17,18). The Labute approximate surface area is 126 Å². The summed E-state index contributed by atoms with van der Waals surface area (Å²) in [5, 5.41) is 17.1. The topological polar surface area (TPSA) is 115 Å². The molecule has 0 bridgehead atoms.